The van der Waals surface area contributed by atoms with Crippen molar-refractivity contribution < 1.29 is 13.5 Å². The summed E-state index contributed by atoms with van der Waals surface area (Å²) in [6.45, 7) is 5.47. The largest absolute Gasteiger partial charge is 0.360 e. The highest BCUT2D eigenvalue weighted by molar-refractivity contribution is 7.85. The molecule has 120 valence electrons. The van der Waals surface area contributed by atoms with Crippen LogP contribution >= 0.6 is 11.3 Å². The van der Waals surface area contributed by atoms with Crippen molar-refractivity contribution in [2.75, 3.05) is 5.32 Å². The molecule has 0 aliphatic rings. The number of rotatable bonds is 7. The fourth-order valence-corrected chi connectivity index (χ4v) is 3.78. The predicted octanol–water partition coefficient (Wildman–Crippen LogP) is 2.67. The lowest BCUT2D eigenvalue weighted by atomic mass is 10.3. The lowest BCUT2D eigenvalue weighted by Gasteiger charge is -2.09. The third-order valence-corrected chi connectivity index (χ3v) is 5.54. The average Bonchev–Trinajstić information content (AvgIpc) is 3.07. The third-order valence-electron chi connectivity index (χ3n) is 3.00. The van der Waals surface area contributed by atoms with Gasteiger partial charge in [0.25, 0.3) is 0 Å². The summed E-state index contributed by atoms with van der Waals surface area (Å²) in [4.78, 5) is 16.5. The number of nitrogens with one attached hydrogen (secondary N) is 1. The van der Waals surface area contributed by atoms with Crippen LogP contribution in [0.3, 0.4) is 0 Å². The first kappa shape index (κ1) is 16.8. The minimum absolute atomic E-state index is 0.284. The number of aryl methyl sites for hydroxylation is 2. The Morgan fingerprint density at radius 2 is 2.32 bits per heavy atom. The Morgan fingerprint density at radius 3 is 2.95 bits per heavy atom. The van der Waals surface area contributed by atoms with Gasteiger partial charge in [0.05, 0.1) is 16.5 Å². The van der Waals surface area contributed by atoms with Gasteiger partial charge in [-0.15, -0.1) is 11.3 Å². The summed E-state index contributed by atoms with van der Waals surface area (Å²) in [6.07, 6.45) is 1.96. The third kappa shape index (κ3) is 4.48. The Labute approximate surface area is 135 Å². The molecule has 2 aromatic heterocycles. The zero-order valence-electron chi connectivity index (χ0n) is 12.8. The molecule has 0 radical (unpaired) electrons. The highest BCUT2D eigenvalue weighted by Crippen LogP contribution is 2.15. The fraction of sp³-hybridized carbons (Fsp3) is 0.500. The van der Waals surface area contributed by atoms with Gasteiger partial charge in [0.2, 0.25) is 5.91 Å². The number of aromatic nitrogens is 2. The Balaban J connectivity index is 1.91. The molecule has 2 rings (SSSR count). The quantitative estimate of drug-likeness (QED) is 0.837. The van der Waals surface area contributed by atoms with Crippen molar-refractivity contribution in [3.63, 3.8) is 0 Å². The number of anilines is 1. The Kier molecular flexibility index (Phi) is 5.84. The fourth-order valence-electron chi connectivity index (χ4n) is 1.79. The highest BCUT2D eigenvalue weighted by atomic mass is 32.2. The summed E-state index contributed by atoms with van der Waals surface area (Å²) in [5.41, 5.74) is 0.781. The maximum atomic E-state index is 12.3. The van der Waals surface area contributed by atoms with Crippen LogP contribution in [0.4, 0.5) is 5.82 Å². The summed E-state index contributed by atoms with van der Waals surface area (Å²) in [6, 6.07) is 1.62. The normalized spacial score (nSPS) is 13.8. The van der Waals surface area contributed by atoms with Gasteiger partial charge in [0.1, 0.15) is 11.0 Å². The van der Waals surface area contributed by atoms with Crippen LogP contribution in [0.5, 0.6) is 0 Å². The van der Waals surface area contributed by atoms with Gasteiger partial charge in [0.15, 0.2) is 5.82 Å². The molecule has 2 aromatic rings. The van der Waals surface area contributed by atoms with Crippen LogP contribution in [-0.4, -0.2) is 25.5 Å². The molecule has 0 aromatic carbocycles. The van der Waals surface area contributed by atoms with Gasteiger partial charge in [-0.1, -0.05) is 12.1 Å². The summed E-state index contributed by atoms with van der Waals surface area (Å²) >= 11 is 1.57. The minimum Gasteiger partial charge on any atom is -0.360 e. The maximum absolute atomic E-state index is 12.3. The van der Waals surface area contributed by atoms with Gasteiger partial charge < -0.3 is 9.84 Å². The van der Waals surface area contributed by atoms with E-state index < -0.39 is 16.0 Å². The molecule has 0 fully saturated rings. The lowest BCUT2D eigenvalue weighted by Crippen LogP contribution is -2.29. The zero-order valence-corrected chi connectivity index (χ0v) is 14.4. The van der Waals surface area contributed by atoms with Gasteiger partial charge in [0, 0.05) is 22.2 Å². The van der Waals surface area contributed by atoms with Gasteiger partial charge in [-0.2, -0.15) is 0 Å². The van der Waals surface area contributed by atoms with Crippen molar-refractivity contribution in [3.05, 3.63) is 27.9 Å². The van der Waals surface area contributed by atoms with Crippen LogP contribution in [-0.2, 0) is 27.8 Å². The van der Waals surface area contributed by atoms with Gasteiger partial charge in [-0.25, -0.2) is 4.98 Å². The van der Waals surface area contributed by atoms with E-state index in [2.05, 4.69) is 22.4 Å². The molecule has 2 atom stereocenters. The van der Waals surface area contributed by atoms with E-state index >= 15 is 0 Å². The van der Waals surface area contributed by atoms with Gasteiger partial charge in [-0.05, 0) is 26.7 Å². The van der Waals surface area contributed by atoms with E-state index in [0.717, 1.165) is 23.5 Å². The number of hydrogen-bond acceptors (Lipinski definition) is 6. The van der Waals surface area contributed by atoms with Crippen molar-refractivity contribution in [1.82, 2.24) is 10.1 Å². The molecular weight excluding hydrogens is 322 g/mol. The smallest absolute Gasteiger partial charge is 0.241 e. The van der Waals surface area contributed by atoms with Crippen LogP contribution in [0.25, 0.3) is 0 Å². The number of hydrogen-bond donors (Lipinski definition) is 1. The first-order valence-electron chi connectivity index (χ1n) is 7.04. The topological polar surface area (TPSA) is 85.1 Å². The maximum Gasteiger partial charge on any atom is 0.241 e. The summed E-state index contributed by atoms with van der Waals surface area (Å²) in [5.74, 6) is 0.892. The molecule has 0 saturated carbocycles. The number of carbonyl (C=O) groups excluding carboxylic acids is 1. The molecule has 8 heteroatoms. The first-order valence-corrected chi connectivity index (χ1v) is 9.30. The standard InChI is InChI=1S/C14H19N3O3S2/c1-4-5-13-15-11(7-21-13)8-22(19)10(3)14(18)16-12-6-9(2)20-17-12/h6-7,10H,4-5,8H2,1-3H3,(H,16,17,18)/t10-,22+/m0/s1. The number of thiazole rings is 1. The number of carbonyl (C=O) groups is 1. The first-order chi connectivity index (χ1) is 10.5. The van der Waals surface area contributed by atoms with E-state index in [1.165, 1.54) is 0 Å². The second kappa shape index (κ2) is 7.64. The molecule has 0 aliphatic carbocycles. The van der Waals surface area contributed by atoms with Crippen molar-refractivity contribution in [1.29, 1.82) is 0 Å². The van der Waals surface area contributed by atoms with Crippen molar-refractivity contribution in [2.24, 2.45) is 0 Å². The van der Waals surface area contributed by atoms with E-state index in [0.29, 0.717) is 11.6 Å². The van der Waals surface area contributed by atoms with E-state index in [-0.39, 0.29) is 11.7 Å². The minimum atomic E-state index is -1.33. The number of amides is 1. The van der Waals surface area contributed by atoms with Crippen LogP contribution in [0, 0.1) is 6.92 Å². The van der Waals surface area contributed by atoms with Crippen LogP contribution in [0.15, 0.2) is 16.0 Å². The van der Waals surface area contributed by atoms with Crippen LogP contribution in [0.1, 0.15) is 36.7 Å². The highest BCUT2D eigenvalue weighted by Gasteiger charge is 2.22. The molecule has 1 N–H and O–H groups in total. The van der Waals surface area contributed by atoms with E-state index in [1.807, 2.05) is 5.38 Å². The second-order valence-corrected chi connectivity index (χ2v) is 7.66. The van der Waals surface area contributed by atoms with Crippen molar-refractivity contribution in [3.8, 4) is 0 Å². The molecule has 0 bridgehead atoms. The van der Waals surface area contributed by atoms with Crippen molar-refractivity contribution >= 4 is 33.9 Å². The lowest BCUT2D eigenvalue weighted by molar-refractivity contribution is -0.115. The monoisotopic (exact) mass is 341 g/mol. The molecule has 0 unspecified atom stereocenters. The van der Waals surface area contributed by atoms with Crippen molar-refractivity contribution in [2.45, 2.75) is 44.6 Å². The summed E-state index contributed by atoms with van der Waals surface area (Å²) in [5, 5.41) is 8.60. The van der Waals surface area contributed by atoms with Crippen LogP contribution < -0.4 is 5.32 Å². The Morgan fingerprint density at radius 1 is 1.55 bits per heavy atom. The summed E-state index contributed by atoms with van der Waals surface area (Å²) in [7, 11) is -1.33. The predicted molar refractivity (Wildman–Crippen MR) is 87.3 cm³/mol. The SMILES string of the molecule is CCCc1nc(C[S@@](=O)[C@@H](C)C(=O)Nc2cc(C)on2)cs1. The molecular formula is C14H19N3O3S2. The molecule has 1 amide bonds. The molecule has 0 saturated heterocycles. The Hall–Kier alpha value is -1.54. The van der Waals surface area contributed by atoms with E-state index in [1.54, 1.807) is 31.3 Å². The molecule has 22 heavy (non-hydrogen) atoms. The Bertz CT molecular complexity index is 666. The molecule has 2 heterocycles. The number of nitrogens with zero attached hydrogens (tertiary/aromatic N) is 2. The average molecular weight is 341 g/mol. The zero-order chi connectivity index (χ0) is 16.1. The van der Waals surface area contributed by atoms with E-state index in [9.17, 15) is 9.00 Å². The molecule has 0 aliphatic heterocycles. The second-order valence-electron chi connectivity index (χ2n) is 4.96. The van der Waals surface area contributed by atoms with Gasteiger partial charge >= 0.3 is 0 Å². The molecule has 6 nitrogen and oxygen atoms in total. The molecule has 0 spiro atoms. The summed E-state index contributed by atoms with van der Waals surface area (Å²) < 4.78 is 17.2. The van der Waals surface area contributed by atoms with Gasteiger partial charge in [-0.3, -0.25) is 9.00 Å². The van der Waals surface area contributed by atoms with E-state index in [4.69, 9.17) is 4.52 Å². The van der Waals surface area contributed by atoms with Crippen LogP contribution in [0.2, 0.25) is 0 Å².